The van der Waals surface area contributed by atoms with E-state index in [-0.39, 0.29) is 18.8 Å². The van der Waals surface area contributed by atoms with Crippen LogP contribution in [-0.2, 0) is 9.53 Å². The smallest absolute Gasteiger partial charge is 0.244 e. The van der Waals surface area contributed by atoms with Crippen molar-refractivity contribution in [3.05, 3.63) is 29.8 Å². The van der Waals surface area contributed by atoms with Crippen LogP contribution in [0.1, 0.15) is 18.4 Å². The fourth-order valence-corrected chi connectivity index (χ4v) is 2.27. The van der Waals surface area contributed by atoms with Gasteiger partial charge < -0.3 is 19.5 Å². The maximum Gasteiger partial charge on any atom is 0.244 e. The molecule has 2 heterocycles. The zero-order valence-corrected chi connectivity index (χ0v) is 11.1. The Balaban J connectivity index is 1.52. The minimum atomic E-state index is -0.113. The monoisotopic (exact) mass is 275 g/mol. The normalized spacial score (nSPS) is 20.5. The molecule has 1 amide bonds. The van der Waals surface area contributed by atoms with E-state index in [1.165, 1.54) is 6.08 Å². The number of hydrogen-bond donors (Lipinski definition) is 1. The number of ether oxygens (including phenoxy) is 3. The molecule has 0 unspecified atom stereocenters. The average Bonchev–Trinajstić information content (AvgIpc) is 3.13. The third-order valence-electron chi connectivity index (χ3n) is 3.35. The molecule has 0 saturated carbocycles. The van der Waals surface area contributed by atoms with Crippen LogP contribution < -0.4 is 14.8 Å². The average molecular weight is 275 g/mol. The fraction of sp³-hybridized carbons (Fsp3) is 0.400. The van der Waals surface area contributed by atoms with E-state index < -0.39 is 0 Å². The summed E-state index contributed by atoms with van der Waals surface area (Å²) in [4.78, 5) is 11.7. The first-order valence-electron chi connectivity index (χ1n) is 6.78. The number of hydrogen-bond acceptors (Lipinski definition) is 4. The van der Waals surface area contributed by atoms with Crippen LogP contribution in [0.4, 0.5) is 0 Å². The summed E-state index contributed by atoms with van der Waals surface area (Å²) in [5.41, 5.74) is 0.904. The summed E-state index contributed by atoms with van der Waals surface area (Å²) >= 11 is 0. The Morgan fingerprint density at radius 3 is 3.10 bits per heavy atom. The predicted molar refractivity (Wildman–Crippen MR) is 73.6 cm³/mol. The molecule has 1 saturated heterocycles. The van der Waals surface area contributed by atoms with Gasteiger partial charge in [0.2, 0.25) is 12.7 Å². The molecule has 1 aromatic carbocycles. The van der Waals surface area contributed by atoms with Crippen molar-refractivity contribution in [2.24, 2.45) is 0 Å². The predicted octanol–water partition coefficient (Wildman–Crippen LogP) is 1.72. The summed E-state index contributed by atoms with van der Waals surface area (Å²) in [6, 6.07) is 5.58. The highest BCUT2D eigenvalue weighted by molar-refractivity contribution is 5.91. The Hall–Kier alpha value is -2.01. The van der Waals surface area contributed by atoms with Gasteiger partial charge in [-0.2, -0.15) is 0 Å². The molecule has 0 aromatic heterocycles. The molecule has 1 aromatic rings. The van der Waals surface area contributed by atoms with Gasteiger partial charge in [0.15, 0.2) is 11.5 Å². The second-order valence-electron chi connectivity index (χ2n) is 4.83. The number of carbonyl (C=O) groups is 1. The summed E-state index contributed by atoms with van der Waals surface area (Å²) in [6.45, 7) is 1.63. The summed E-state index contributed by atoms with van der Waals surface area (Å²) in [6.07, 6.45) is 5.54. The highest BCUT2D eigenvalue weighted by atomic mass is 16.7. The molecule has 5 nitrogen and oxygen atoms in total. The summed E-state index contributed by atoms with van der Waals surface area (Å²) in [5, 5.41) is 2.84. The number of nitrogens with one attached hydrogen (secondary N) is 1. The van der Waals surface area contributed by atoms with E-state index in [1.54, 1.807) is 6.08 Å². The molecule has 0 spiro atoms. The van der Waals surface area contributed by atoms with E-state index >= 15 is 0 Å². The maximum absolute atomic E-state index is 11.7. The van der Waals surface area contributed by atoms with Crippen LogP contribution in [0, 0.1) is 0 Å². The van der Waals surface area contributed by atoms with Gasteiger partial charge in [-0.3, -0.25) is 4.79 Å². The van der Waals surface area contributed by atoms with Gasteiger partial charge in [-0.25, -0.2) is 0 Å². The van der Waals surface area contributed by atoms with Crippen LogP contribution >= 0.6 is 0 Å². The van der Waals surface area contributed by atoms with Crippen LogP contribution in [0.25, 0.3) is 6.08 Å². The van der Waals surface area contributed by atoms with Gasteiger partial charge in [0.25, 0.3) is 0 Å². The quantitative estimate of drug-likeness (QED) is 0.850. The Morgan fingerprint density at radius 1 is 1.35 bits per heavy atom. The molecular formula is C15H17NO4. The van der Waals surface area contributed by atoms with Crippen molar-refractivity contribution in [3.8, 4) is 11.5 Å². The molecule has 0 aliphatic carbocycles. The van der Waals surface area contributed by atoms with Crippen molar-refractivity contribution in [2.45, 2.75) is 18.9 Å². The SMILES string of the molecule is O=C(/C=C\c1ccc2c(c1)OCO2)NC[C@H]1CCCO1. The second kappa shape index (κ2) is 5.96. The van der Waals surface area contributed by atoms with Gasteiger partial charge >= 0.3 is 0 Å². The molecule has 1 N–H and O–H groups in total. The van der Waals surface area contributed by atoms with Crippen LogP contribution in [0.3, 0.4) is 0 Å². The maximum atomic E-state index is 11.7. The van der Waals surface area contributed by atoms with Gasteiger partial charge in [-0.05, 0) is 36.6 Å². The van der Waals surface area contributed by atoms with Crippen LogP contribution in [-0.4, -0.2) is 32.0 Å². The van der Waals surface area contributed by atoms with Crippen molar-refractivity contribution in [1.82, 2.24) is 5.32 Å². The lowest BCUT2D eigenvalue weighted by Gasteiger charge is -2.08. The largest absolute Gasteiger partial charge is 0.454 e. The highest BCUT2D eigenvalue weighted by Gasteiger charge is 2.15. The number of benzene rings is 1. The summed E-state index contributed by atoms with van der Waals surface area (Å²) < 4.78 is 16.0. The number of carbonyl (C=O) groups excluding carboxylic acids is 1. The molecule has 2 aliphatic heterocycles. The Labute approximate surface area is 117 Å². The van der Waals surface area contributed by atoms with E-state index in [4.69, 9.17) is 14.2 Å². The molecule has 0 bridgehead atoms. The first-order valence-corrected chi connectivity index (χ1v) is 6.78. The van der Waals surface area contributed by atoms with Crippen molar-refractivity contribution in [3.63, 3.8) is 0 Å². The molecule has 2 aliphatic rings. The zero-order valence-electron chi connectivity index (χ0n) is 11.1. The van der Waals surface area contributed by atoms with Gasteiger partial charge in [0.05, 0.1) is 6.10 Å². The van der Waals surface area contributed by atoms with E-state index in [0.29, 0.717) is 12.3 Å². The molecule has 3 rings (SSSR count). The van der Waals surface area contributed by atoms with Crippen molar-refractivity contribution in [1.29, 1.82) is 0 Å². The Bertz CT molecular complexity index is 521. The Morgan fingerprint density at radius 2 is 2.25 bits per heavy atom. The van der Waals surface area contributed by atoms with E-state index in [0.717, 1.165) is 30.8 Å². The number of fused-ring (bicyclic) bond motifs is 1. The molecule has 106 valence electrons. The highest BCUT2D eigenvalue weighted by Crippen LogP contribution is 2.32. The van der Waals surface area contributed by atoms with Crippen molar-refractivity contribution < 1.29 is 19.0 Å². The lowest BCUT2D eigenvalue weighted by molar-refractivity contribution is -0.116. The topological polar surface area (TPSA) is 56.8 Å². The third kappa shape index (κ3) is 3.11. The lowest BCUT2D eigenvalue weighted by Crippen LogP contribution is -2.30. The summed E-state index contributed by atoms with van der Waals surface area (Å²) in [7, 11) is 0. The van der Waals surface area contributed by atoms with Crippen LogP contribution in [0.15, 0.2) is 24.3 Å². The lowest BCUT2D eigenvalue weighted by atomic mass is 10.2. The van der Waals surface area contributed by atoms with Gasteiger partial charge in [-0.15, -0.1) is 0 Å². The van der Waals surface area contributed by atoms with Gasteiger partial charge in [0.1, 0.15) is 0 Å². The molecule has 1 fully saturated rings. The minimum absolute atomic E-state index is 0.113. The molecule has 20 heavy (non-hydrogen) atoms. The van der Waals surface area contributed by atoms with Crippen molar-refractivity contribution >= 4 is 12.0 Å². The number of rotatable bonds is 4. The molecular weight excluding hydrogens is 258 g/mol. The zero-order chi connectivity index (χ0) is 13.8. The van der Waals surface area contributed by atoms with Gasteiger partial charge in [0, 0.05) is 19.2 Å². The third-order valence-corrected chi connectivity index (χ3v) is 3.35. The molecule has 0 radical (unpaired) electrons. The number of amides is 1. The molecule has 1 atom stereocenters. The van der Waals surface area contributed by atoms with E-state index in [1.807, 2.05) is 18.2 Å². The van der Waals surface area contributed by atoms with Crippen molar-refractivity contribution in [2.75, 3.05) is 19.9 Å². The first kappa shape index (κ1) is 13.0. The minimum Gasteiger partial charge on any atom is -0.454 e. The molecule has 5 heteroatoms. The van der Waals surface area contributed by atoms with Crippen LogP contribution in [0.5, 0.6) is 11.5 Å². The van der Waals surface area contributed by atoms with E-state index in [9.17, 15) is 4.79 Å². The fourth-order valence-electron chi connectivity index (χ4n) is 2.27. The second-order valence-corrected chi connectivity index (χ2v) is 4.83. The standard InChI is InChI=1S/C15H17NO4/c17-15(16-9-12-2-1-7-18-12)6-4-11-3-5-13-14(8-11)20-10-19-13/h3-6,8,12H,1-2,7,9-10H2,(H,16,17)/b6-4-/t12-/m1/s1. The van der Waals surface area contributed by atoms with E-state index in [2.05, 4.69) is 5.32 Å². The first-order chi connectivity index (χ1) is 9.81. The van der Waals surface area contributed by atoms with Gasteiger partial charge in [-0.1, -0.05) is 6.07 Å². The Kier molecular flexibility index (Phi) is 3.87. The summed E-state index contributed by atoms with van der Waals surface area (Å²) in [5.74, 6) is 1.34. The van der Waals surface area contributed by atoms with Crippen LogP contribution in [0.2, 0.25) is 0 Å².